The molecule has 0 spiro atoms. The van der Waals surface area contributed by atoms with Crippen molar-refractivity contribution < 1.29 is 18.9 Å². The third kappa shape index (κ3) is 5.13. The first kappa shape index (κ1) is 20.4. The maximum absolute atomic E-state index is 12.6. The van der Waals surface area contributed by atoms with Gasteiger partial charge >= 0.3 is 0 Å². The number of carbonyl (C=O) groups excluding carboxylic acids is 1. The number of amides is 1. The highest BCUT2D eigenvalue weighted by molar-refractivity contribution is 5.96. The SMILES string of the molecule is CCCOc1ccc(-c2nonc2NC(=O)[C@H](C)Oc2ccc(C)c(C)c2)cc1. The van der Waals surface area contributed by atoms with Crippen molar-refractivity contribution in [2.45, 2.75) is 40.2 Å². The summed E-state index contributed by atoms with van der Waals surface area (Å²) in [4.78, 5) is 12.6. The van der Waals surface area contributed by atoms with Gasteiger partial charge < -0.3 is 14.8 Å². The van der Waals surface area contributed by atoms with Crippen molar-refractivity contribution in [3.05, 3.63) is 53.6 Å². The maximum atomic E-state index is 12.6. The van der Waals surface area contributed by atoms with Crippen LogP contribution in [-0.2, 0) is 4.79 Å². The molecule has 3 rings (SSSR count). The average Bonchev–Trinajstić information content (AvgIpc) is 3.17. The standard InChI is InChI=1S/C22H25N3O4/c1-5-12-27-18-10-7-17(8-11-18)20-21(25-29-24-20)23-22(26)16(4)28-19-9-6-14(2)15(3)13-19/h6-11,13,16H,5,12H2,1-4H3,(H,23,25,26)/t16-/m0/s1. The molecule has 1 heterocycles. The Morgan fingerprint density at radius 3 is 2.48 bits per heavy atom. The number of anilines is 1. The van der Waals surface area contributed by atoms with Crippen molar-refractivity contribution in [2.75, 3.05) is 11.9 Å². The van der Waals surface area contributed by atoms with Crippen LogP contribution >= 0.6 is 0 Å². The fourth-order valence-corrected chi connectivity index (χ4v) is 2.65. The van der Waals surface area contributed by atoms with Crippen LogP contribution in [0.2, 0.25) is 0 Å². The van der Waals surface area contributed by atoms with Gasteiger partial charge in [0.05, 0.1) is 6.61 Å². The number of hydrogen-bond donors (Lipinski definition) is 1. The van der Waals surface area contributed by atoms with E-state index in [9.17, 15) is 4.79 Å². The van der Waals surface area contributed by atoms with Gasteiger partial charge in [0, 0.05) is 5.56 Å². The van der Waals surface area contributed by atoms with E-state index in [4.69, 9.17) is 14.1 Å². The van der Waals surface area contributed by atoms with Crippen molar-refractivity contribution >= 4 is 11.7 Å². The van der Waals surface area contributed by atoms with Crippen molar-refractivity contribution in [2.24, 2.45) is 0 Å². The van der Waals surface area contributed by atoms with Gasteiger partial charge in [0.1, 0.15) is 11.5 Å². The summed E-state index contributed by atoms with van der Waals surface area (Å²) in [5.74, 6) is 1.31. The Balaban J connectivity index is 1.67. The molecule has 0 bridgehead atoms. The van der Waals surface area contributed by atoms with Crippen LogP contribution in [0.25, 0.3) is 11.3 Å². The average molecular weight is 395 g/mol. The number of aromatic nitrogens is 2. The minimum atomic E-state index is -0.716. The topological polar surface area (TPSA) is 86.5 Å². The maximum Gasteiger partial charge on any atom is 0.266 e. The van der Waals surface area contributed by atoms with Crippen LogP contribution in [0.4, 0.5) is 5.82 Å². The van der Waals surface area contributed by atoms with Crippen molar-refractivity contribution in [1.82, 2.24) is 10.3 Å². The summed E-state index contributed by atoms with van der Waals surface area (Å²) in [6, 6.07) is 13.1. The first-order valence-electron chi connectivity index (χ1n) is 9.58. The van der Waals surface area contributed by atoms with E-state index in [1.165, 1.54) is 5.56 Å². The molecule has 3 aromatic rings. The van der Waals surface area contributed by atoms with E-state index in [0.717, 1.165) is 23.3 Å². The minimum absolute atomic E-state index is 0.243. The van der Waals surface area contributed by atoms with Crippen LogP contribution in [0.1, 0.15) is 31.4 Å². The minimum Gasteiger partial charge on any atom is -0.494 e. The van der Waals surface area contributed by atoms with Crippen molar-refractivity contribution in [1.29, 1.82) is 0 Å². The first-order valence-corrected chi connectivity index (χ1v) is 9.58. The molecule has 1 aromatic heterocycles. The van der Waals surface area contributed by atoms with Gasteiger partial charge in [-0.2, -0.15) is 0 Å². The molecule has 0 unspecified atom stereocenters. The van der Waals surface area contributed by atoms with Gasteiger partial charge in [0.25, 0.3) is 5.91 Å². The lowest BCUT2D eigenvalue weighted by Gasteiger charge is -2.15. The quantitative estimate of drug-likeness (QED) is 0.602. The number of nitrogens with one attached hydrogen (secondary N) is 1. The van der Waals surface area contributed by atoms with Gasteiger partial charge in [-0.05, 0) is 85.0 Å². The van der Waals surface area contributed by atoms with E-state index < -0.39 is 6.10 Å². The summed E-state index contributed by atoms with van der Waals surface area (Å²) in [6.07, 6.45) is 0.222. The molecule has 1 amide bonds. The number of benzene rings is 2. The predicted octanol–water partition coefficient (Wildman–Crippen LogP) is 4.55. The number of hydrogen-bond acceptors (Lipinski definition) is 6. The Bertz CT molecular complexity index is 966. The molecule has 0 aliphatic heterocycles. The zero-order chi connectivity index (χ0) is 20.8. The van der Waals surface area contributed by atoms with E-state index >= 15 is 0 Å². The number of ether oxygens (including phenoxy) is 2. The summed E-state index contributed by atoms with van der Waals surface area (Å²) < 4.78 is 16.2. The zero-order valence-electron chi connectivity index (χ0n) is 17.1. The van der Waals surface area contributed by atoms with Crippen molar-refractivity contribution in [3.63, 3.8) is 0 Å². The van der Waals surface area contributed by atoms with Gasteiger partial charge in [-0.15, -0.1) is 0 Å². The fraction of sp³-hybridized carbons (Fsp3) is 0.318. The second kappa shape index (κ2) is 9.23. The Hall–Kier alpha value is -3.35. The molecule has 0 aliphatic carbocycles. The lowest BCUT2D eigenvalue weighted by atomic mass is 10.1. The lowest BCUT2D eigenvalue weighted by molar-refractivity contribution is -0.122. The van der Waals surface area contributed by atoms with E-state index in [1.807, 2.05) is 56.3 Å². The second-order valence-corrected chi connectivity index (χ2v) is 6.83. The molecule has 7 heteroatoms. The predicted molar refractivity (Wildman–Crippen MR) is 110 cm³/mol. The monoisotopic (exact) mass is 395 g/mol. The van der Waals surface area contributed by atoms with E-state index in [2.05, 4.69) is 22.6 Å². The molecule has 7 nitrogen and oxygen atoms in total. The Kier molecular flexibility index (Phi) is 6.49. The van der Waals surface area contributed by atoms with Crippen LogP contribution in [0.5, 0.6) is 11.5 Å². The largest absolute Gasteiger partial charge is 0.494 e. The summed E-state index contributed by atoms with van der Waals surface area (Å²) >= 11 is 0. The van der Waals surface area contributed by atoms with Crippen LogP contribution in [0.15, 0.2) is 47.1 Å². The highest BCUT2D eigenvalue weighted by Crippen LogP contribution is 2.27. The molecule has 0 saturated carbocycles. The van der Waals surface area contributed by atoms with E-state index in [0.29, 0.717) is 18.1 Å². The van der Waals surface area contributed by atoms with Crippen LogP contribution < -0.4 is 14.8 Å². The molecular weight excluding hydrogens is 370 g/mol. The molecule has 152 valence electrons. The normalized spacial score (nSPS) is 11.7. The van der Waals surface area contributed by atoms with Crippen LogP contribution in [0, 0.1) is 13.8 Å². The van der Waals surface area contributed by atoms with Gasteiger partial charge in [-0.3, -0.25) is 4.79 Å². The highest BCUT2D eigenvalue weighted by Gasteiger charge is 2.20. The number of aryl methyl sites for hydroxylation is 2. The van der Waals surface area contributed by atoms with E-state index in [-0.39, 0.29) is 11.7 Å². The van der Waals surface area contributed by atoms with Crippen LogP contribution in [-0.4, -0.2) is 28.9 Å². The summed E-state index contributed by atoms with van der Waals surface area (Å²) in [6.45, 7) is 8.41. The summed E-state index contributed by atoms with van der Waals surface area (Å²) in [5.41, 5.74) is 3.47. The van der Waals surface area contributed by atoms with E-state index in [1.54, 1.807) is 6.92 Å². The molecule has 0 fully saturated rings. The molecule has 1 N–H and O–H groups in total. The summed E-state index contributed by atoms with van der Waals surface area (Å²) in [5, 5.41) is 10.4. The third-order valence-electron chi connectivity index (χ3n) is 4.49. The first-order chi connectivity index (χ1) is 14.0. The lowest BCUT2D eigenvalue weighted by Crippen LogP contribution is -2.30. The Labute approximate surface area is 170 Å². The Morgan fingerprint density at radius 1 is 1.07 bits per heavy atom. The molecule has 0 aliphatic rings. The number of carbonyl (C=O) groups is 1. The smallest absolute Gasteiger partial charge is 0.266 e. The van der Waals surface area contributed by atoms with Crippen molar-refractivity contribution in [3.8, 4) is 22.8 Å². The van der Waals surface area contributed by atoms with Gasteiger partial charge in [0.2, 0.25) is 5.82 Å². The van der Waals surface area contributed by atoms with Gasteiger partial charge in [-0.25, -0.2) is 4.63 Å². The third-order valence-corrected chi connectivity index (χ3v) is 4.49. The summed E-state index contributed by atoms with van der Waals surface area (Å²) in [7, 11) is 0. The zero-order valence-corrected chi connectivity index (χ0v) is 17.1. The molecule has 1 atom stereocenters. The second-order valence-electron chi connectivity index (χ2n) is 6.83. The molecular formula is C22H25N3O4. The molecule has 0 radical (unpaired) electrons. The highest BCUT2D eigenvalue weighted by atomic mass is 16.6. The molecule has 2 aromatic carbocycles. The van der Waals surface area contributed by atoms with Gasteiger partial charge in [0.15, 0.2) is 11.8 Å². The van der Waals surface area contributed by atoms with Gasteiger partial charge in [-0.1, -0.05) is 13.0 Å². The molecule has 0 saturated heterocycles. The number of rotatable bonds is 8. The van der Waals surface area contributed by atoms with Crippen LogP contribution in [0.3, 0.4) is 0 Å². The Morgan fingerprint density at radius 2 is 1.79 bits per heavy atom. The fourth-order valence-electron chi connectivity index (χ4n) is 2.65. The molecule has 29 heavy (non-hydrogen) atoms. The number of nitrogens with zero attached hydrogens (tertiary/aromatic N) is 2.